The third kappa shape index (κ3) is 4.98. The van der Waals surface area contributed by atoms with Gasteiger partial charge in [0.05, 0.1) is 15.7 Å². The minimum Gasteiger partial charge on any atom is -0.340 e. The van der Waals surface area contributed by atoms with Crippen molar-refractivity contribution in [3.63, 3.8) is 0 Å². The predicted octanol–water partition coefficient (Wildman–Crippen LogP) is 6.39. The van der Waals surface area contributed by atoms with E-state index in [-0.39, 0.29) is 0 Å². The lowest BCUT2D eigenvalue weighted by Gasteiger charge is -2.26. The quantitative estimate of drug-likeness (QED) is 0.499. The first-order valence-corrected chi connectivity index (χ1v) is 9.37. The second-order valence-corrected chi connectivity index (χ2v) is 7.03. The van der Waals surface area contributed by atoms with Gasteiger partial charge in [0.25, 0.3) is 0 Å². The Morgan fingerprint density at radius 2 is 1.31 bits per heavy atom. The first-order chi connectivity index (χ1) is 12.6. The van der Waals surface area contributed by atoms with Crippen molar-refractivity contribution in [2.24, 2.45) is 0 Å². The molecule has 0 atom stereocenters. The maximum absolute atomic E-state index is 6.29. The van der Waals surface area contributed by atoms with Crippen molar-refractivity contribution < 1.29 is 0 Å². The minimum atomic E-state index is 0.468. The van der Waals surface area contributed by atoms with Gasteiger partial charge in [0.15, 0.2) is 5.11 Å². The average molecular weight is 401 g/mol. The van der Waals surface area contributed by atoms with E-state index in [4.69, 9.17) is 35.4 Å². The smallest absolute Gasteiger partial charge is 0.174 e. The second kappa shape index (κ2) is 9.04. The van der Waals surface area contributed by atoms with Crippen LogP contribution in [0.4, 0.5) is 5.69 Å². The van der Waals surface area contributed by atoms with E-state index in [0.717, 1.165) is 0 Å². The second-order valence-electron chi connectivity index (χ2n) is 5.86. The molecule has 0 radical (unpaired) electrons. The van der Waals surface area contributed by atoms with Gasteiger partial charge in [-0.3, -0.25) is 0 Å². The molecule has 0 aromatic heterocycles. The molecule has 0 fully saturated rings. The molecule has 5 heteroatoms. The standard InChI is InChI=1S/C21H18Cl2N2S/c22-18-12-7-13-19(20(18)23)24-21(26)25(14-16-8-3-1-4-9-16)15-17-10-5-2-6-11-17/h1-13H,14-15H2,(H,24,26). The van der Waals surface area contributed by atoms with Gasteiger partial charge in [0.2, 0.25) is 0 Å². The maximum Gasteiger partial charge on any atom is 0.174 e. The topological polar surface area (TPSA) is 15.3 Å². The lowest BCUT2D eigenvalue weighted by molar-refractivity contribution is 0.413. The van der Waals surface area contributed by atoms with Crippen molar-refractivity contribution in [3.8, 4) is 0 Å². The molecular formula is C21H18Cl2N2S. The molecule has 0 unspecified atom stereocenters. The number of nitrogens with zero attached hydrogens (tertiary/aromatic N) is 1. The van der Waals surface area contributed by atoms with Crippen molar-refractivity contribution in [2.75, 3.05) is 5.32 Å². The van der Waals surface area contributed by atoms with Gasteiger partial charge in [0, 0.05) is 13.1 Å². The molecule has 0 amide bonds. The largest absolute Gasteiger partial charge is 0.340 e. The summed E-state index contributed by atoms with van der Waals surface area (Å²) in [6, 6.07) is 26.0. The summed E-state index contributed by atoms with van der Waals surface area (Å²) < 4.78 is 0. The van der Waals surface area contributed by atoms with E-state index < -0.39 is 0 Å². The van der Waals surface area contributed by atoms with E-state index in [1.165, 1.54) is 11.1 Å². The lowest BCUT2D eigenvalue weighted by atomic mass is 10.2. The number of anilines is 1. The first kappa shape index (κ1) is 18.7. The van der Waals surface area contributed by atoms with Crippen LogP contribution in [0.2, 0.25) is 10.0 Å². The highest BCUT2D eigenvalue weighted by Gasteiger charge is 2.13. The number of thiocarbonyl (C=S) groups is 1. The van der Waals surface area contributed by atoms with Gasteiger partial charge >= 0.3 is 0 Å². The van der Waals surface area contributed by atoms with Gasteiger partial charge in [-0.2, -0.15) is 0 Å². The molecule has 0 aliphatic rings. The van der Waals surface area contributed by atoms with Crippen molar-refractivity contribution in [1.82, 2.24) is 4.90 Å². The minimum absolute atomic E-state index is 0.468. The number of halogens is 2. The molecular weight excluding hydrogens is 383 g/mol. The third-order valence-electron chi connectivity index (χ3n) is 3.91. The third-order valence-corrected chi connectivity index (χ3v) is 5.09. The fourth-order valence-corrected chi connectivity index (χ4v) is 3.19. The van der Waals surface area contributed by atoms with Crippen LogP contribution in [0.25, 0.3) is 0 Å². The summed E-state index contributed by atoms with van der Waals surface area (Å²) in [6.07, 6.45) is 0. The highest BCUT2D eigenvalue weighted by molar-refractivity contribution is 7.80. The van der Waals surface area contributed by atoms with Gasteiger partial charge in [-0.05, 0) is 35.5 Å². The number of rotatable bonds is 5. The summed E-state index contributed by atoms with van der Waals surface area (Å²) in [5.41, 5.74) is 3.07. The molecule has 132 valence electrons. The van der Waals surface area contributed by atoms with Gasteiger partial charge in [-0.15, -0.1) is 0 Å². The summed E-state index contributed by atoms with van der Waals surface area (Å²) in [5.74, 6) is 0. The van der Waals surface area contributed by atoms with Crippen LogP contribution in [0.15, 0.2) is 78.9 Å². The molecule has 3 aromatic rings. The molecule has 3 aromatic carbocycles. The number of hydrogen-bond acceptors (Lipinski definition) is 1. The lowest BCUT2D eigenvalue weighted by Crippen LogP contribution is -2.33. The summed E-state index contributed by atoms with van der Waals surface area (Å²) >= 11 is 18.1. The van der Waals surface area contributed by atoms with Crippen LogP contribution in [-0.2, 0) is 13.1 Å². The zero-order chi connectivity index (χ0) is 18.4. The van der Waals surface area contributed by atoms with Crippen LogP contribution < -0.4 is 5.32 Å². The molecule has 0 heterocycles. The Kier molecular flexibility index (Phi) is 6.51. The zero-order valence-corrected chi connectivity index (χ0v) is 16.4. The Morgan fingerprint density at radius 3 is 1.85 bits per heavy atom. The fourth-order valence-electron chi connectivity index (χ4n) is 2.60. The number of nitrogens with one attached hydrogen (secondary N) is 1. The normalized spacial score (nSPS) is 10.4. The molecule has 0 bridgehead atoms. The SMILES string of the molecule is S=C(Nc1cccc(Cl)c1Cl)N(Cc1ccccc1)Cc1ccccc1. The molecule has 0 aliphatic carbocycles. The molecule has 26 heavy (non-hydrogen) atoms. The molecule has 2 nitrogen and oxygen atoms in total. The molecule has 0 saturated heterocycles. The van der Waals surface area contributed by atoms with Crippen LogP contribution in [0.5, 0.6) is 0 Å². The van der Waals surface area contributed by atoms with Gasteiger partial charge < -0.3 is 10.2 Å². The van der Waals surface area contributed by atoms with Crippen LogP contribution in [0.1, 0.15) is 11.1 Å². The van der Waals surface area contributed by atoms with Crippen LogP contribution in [0.3, 0.4) is 0 Å². The Bertz CT molecular complexity index is 828. The number of benzene rings is 3. The van der Waals surface area contributed by atoms with E-state index >= 15 is 0 Å². The van der Waals surface area contributed by atoms with Gasteiger partial charge in [0.1, 0.15) is 0 Å². The molecule has 3 rings (SSSR count). The Hall–Kier alpha value is -2.07. The summed E-state index contributed by atoms with van der Waals surface area (Å²) in [4.78, 5) is 2.11. The van der Waals surface area contributed by atoms with E-state index in [2.05, 4.69) is 34.5 Å². The molecule has 0 saturated carbocycles. The maximum atomic E-state index is 6.29. The first-order valence-electron chi connectivity index (χ1n) is 8.21. The average Bonchev–Trinajstić information content (AvgIpc) is 2.66. The van der Waals surface area contributed by atoms with Crippen molar-refractivity contribution in [2.45, 2.75) is 13.1 Å². The summed E-state index contributed by atoms with van der Waals surface area (Å²) in [6.45, 7) is 1.39. The summed E-state index contributed by atoms with van der Waals surface area (Å²) in [5, 5.41) is 4.80. The Balaban J connectivity index is 1.81. The highest BCUT2D eigenvalue weighted by Crippen LogP contribution is 2.30. The molecule has 0 aliphatic heterocycles. The van der Waals surface area contributed by atoms with Crippen LogP contribution in [-0.4, -0.2) is 10.0 Å². The van der Waals surface area contributed by atoms with E-state index in [0.29, 0.717) is 33.9 Å². The van der Waals surface area contributed by atoms with Crippen molar-refractivity contribution >= 4 is 46.2 Å². The Labute approximate surface area is 169 Å². The van der Waals surface area contributed by atoms with Crippen molar-refractivity contribution in [1.29, 1.82) is 0 Å². The highest BCUT2D eigenvalue weighted by atomic mass is 35.5. The zero-order valence-electron chi connectivity index (χ0n) is 14.0. The van der Waals surface area contributed by atoms with E-state index in [1.54, 1.807) is 6.07 Å². The van der Waals surface area contributed by atoms with Gasteiger partial charge in [-0.25, -0.2) is 0 Å². The Morgan fingerprint density at radius 1 is 0.769 bits per heavy atom. The molecule has 1 N–H and O–H groups in total. The van der Waals surface area contributed by atoms with Crippen LogP contribution >= 0.6 is 35.4 Å². The van der Waals surface area contributed by atoms with Gasteiger partial charge in [-0.1, -0.05) is 89.9 Å². The predicted molar refractivity (Wildman–Crippen MR) is 115 cm³/mol. The van der Waals surface area contributed by atoms with Crippen molar-refractivity contribution in [3.05, 3.63) is 100 Å². The monoisotopic (exact) mass is 400 g/mol. The fraction of sp³-hybridized carbons (Fsp3) is 0.0952. The molecule has 0 spiro atoms. The number of hydrogen-bond donors (Lipinski definition) is 1. The van der Waals surface area contributed by atoms with Crippen LogP contribution in [0, 0.1) is 0 Å². The van der Waals surface area contributed by atoms with E-state index in [1.807, 2.05) is 48.5 Å². The summed E-state index contributed by atoms with van der Waals surface area (Å²) in [7, 11) is 0. The van der Waals surface area contributed by atoms with E-state index in [9.17, 15) is 0 Å².